The van der Waals surface area contributed by atoms with Crippen molar-refractivity contribution in [2.45, 2.75) is 46.1 Å². The molecule has 9 heteroatoms. The molecule has 0 saturated carbocycles. The fraction of sp³-hybridized carbons (Fsp3) is 0.300. The molecule has 0 saturated heterocycles. The highest BCUT2D eigenvalue weighted by Gasteiger charge is 2.36. The average Bonchev–Trinajstić information content (AvgIpc) is 2.93. The smallest absolute Gasteiger partial charge is 0.269 e. The van der Waals surface area contributed by atoms with E-state index in [4.69, 9.17) is 4.74 Å². The SMILES string of the molecule is CCCCN(C(=O)Cc1ccc([N+](=O)[O-])cc1)C(C(=O)Nc1c(C)cccc1C)C(=O)c1ccc(OC)cc1. The molecule has 3 aromatic rings. The van der Waals surface area contributed by atoms with Crippen molar-refractivity contribution in [2.75, 3.05) is 19.0 Å². The van der Waals surface area contributed by atoms with Crippen LogP contribution in [0, 0.1) is 24.0 Å². The Labute approximate surface area is 227 Å². The molecule has 1 atom stereocenters. The van der Waals surface area contributed by atoms with Gasteiger partial charge < -0.3 is 15.0 Å². The molecule has 0 fully saturated rings. The molecule has 0 aliphatic carbocycles. The minimum Gasteiger partial charge on any atom is -0.497 e. The van der Waals surface area contributed by atoms with Crippen LogP contribution in [-0.4, -0.2) is 47.1 Å². The minimum absolute atomic E-state index is 0.0884. The minimum atomic E-state index is -1.42. The first-order valence-corrected chi connectivity index (χ1v) is 12.7. The highest BCUT2D eigenvalue weighted by molar-refractivity contribution is 6.18. The van der Waals surface area contributed by atoms with Gasteiger partial charge >= 0.3 is 0 Å². The molecule has 204 valence electrons. The molecule has 2 amide bonds. The molecule has 3 rings (SSSR count). The first kappa shape index (κ1) is 29.0. The van der Waals surface area contributed by atoms with E-state index in [1.807, 2.05) is 39.0 Å². The van der Waals surface area contributed by atoms with E-state index >= 15 is 0 Å². The summed E-state index contributed by atoms with van der Waals surface area (Å²) in [5, 5.41) is 13.9. The number of nitrogens with zero attached hydrogens (tertiary/aromatic N) is 2. The number of amides is 2. The number of carbonyl (C=O) groups is 3. The van der Waals surface area contributed by atoms with E-state index in [1.54, 1.807) is 24.3 Å². The summed E-state index contributed by atoms with van der Waals surface area (Å²) in [5.74, 6) is -1.00. The summed E-state index contributed by atoms with van der Waals surface area (Å²) >= 11 is 0. The van der Waals surface area contributed by atoms with Crippen LogP contribution in [0.4, 0.5) is 11.4 Å². The van der Waals surface area contributed by atoms with Crippen LogP contribution in [-0.2, 0) is 16.0 Å². The number of nitrogens with one attached hydrogen (secondary N) is 1. The molecule has 1 unspecified atom stereocenters. The van der Waals surface area contributed by atoms with Crippen LogP contribution in [0.2, 0.25) is 0 Å². The van der Waals surface area contributed by atoms with Gasteiger partial charge in [0.25, 0.3) is 11.6 Å². The number of hydrogen-bond donors (Lipinski definition) is 1. The number of aryl methyl sites for hydroxylation is 2. The first-order chi connectivity index (χ1) is 18.7. The van der Waals surface area contributed by atoms with Gasteiger partial charge in [-0.1, -0.05) is 43.7 Å². The lowest BCUT2D eigenvalue weighted by molar-refractivity contribution is -0.384. The van der Waals surface area contributed by atoms with Crippen molar-refractivity contribution in [3.8, 4) is 5.75 Å². The maximum absolute atomic E-state index is 13.9. The van der Waals surface area contributed by atoms with Crippen LogP contribution in [0.15, 0.2) is 66.7 Å². The van der Waals surface area contributed by atoms with Gasteiger partial charge in [-0.05, 0) is 61.2 Å². The number of nitro groups is 1. The van der Waals surface area contributed by atoms with E-state index < -0.39 is 28.6 Å². The van der Waals surface area contributed by atoms with Crippen molar-refractivity contribution in [1.29, 1.82) is 0 Å². The van der Waals surface area contributed by atoms with Crippen molar-refractivity contribution in [3.63, 3.8) is 0 Å². The summed E-state index contributed by atoms with van der Waals surface area (Å²) in [5.41, 5.74) is 2.97. The molecule has 0 radical (unpaired) electrons. The first-order valence-electron chi connectivity index (χ1n) is 12.7. The number of Topliss-reactive ketones (excluding diaryl/α,β-unsaturated/α-hetero) is 1. The monoisotopic (exact) mass is 531 g/mol. The number of ketones is 1. The van der Waals surface area contributed by atoms with Crippen molar-refractivity contribution in [3.05, 3.63) is 99.1 Å². The Hall–Kier alpha value is -4.53. The van der Waals surface area contributed by atoms with Crippen LogP contribution in [0.5, 0.6) is 5.75 Å². The molecule has 39 heavy (non-hydrogen) atoms. The van der Waals surface area contributed by atoms with E-state index in [1.165, 1.54) is 36.3 Å². The lowest BCUT2D eigenvalue weighted by Crippen LogP contribution is -2.53. The van der Waals surface area contributed by atoms with Gasteiger partial charge in [-0.3, -0.25) is 24.5 Å². The number of anilines is 1. The van der Waals surface area contributed by atoms with Crippen molar-refractivity contribution < 1.29 is 24.0 Å². The number of nitro benzene ring substituents is 1. The number of ether oxygens (including phenoxy) is 1. The predicted molar refractivity (Wildman–Crippen MR) is 149 cm³/mol. The molecule has 0 aliphatic heterocycles. The molecular formula is C30H33N3O6. The number of non-ortho nitro benzene ring substituents is 1. The number of carbonyl (C=O) groups excluding carboxylic acids is 3. The van der Waals surface area contributed by atoms with Gasteiger partial charge in [-0.15, -0.1) is 0 Å². The molecule has 0 heterocycles. The Kier molecular flexibility index (Phi) is 9.92. The van der Waals surface area contributed by atoms with E-state index in [9.17, 15) is 24.5 Å². The van der Waals surface area contributed by atoms with Crippen LogP contribution in [0.25, 0.3) is 0 Å². The van der Waals surface area contributed by atoms with Crippen molar-refractivity contribution in [1.82, 2.24) is 4.90 Å². The standard InChI is InChI=1S/C30H33N3O6/c1-5-6-18-32(26(34)19-22-10-14-24(15-11-22)33(37)38)28(29(35)23-12-16-25(39-4)17-13-23)30(36)31-27-20(2)8-7-9-21(27)3/h7-17,28H,5-6,18-19H2,1-4H3,(H,31,36). The highest BCUT2D eigenvalue weighted by atomic mass is 16.6. The largest absolute Gasteiger partial charge is 0.497 e. The van der Waals surface area contributed by atoms with Crippen LogP contribution >= 0.6 is 0 Å². The summed E-state index contributed by atoms with van der Waals surface area (Å²) in [7, 11) is 1.51. The van der Waals surface area contributed by atoms with Gasteiger partial charge in [-0.2, -0.15) is 0 Å². The van der Waals surface area contributed by atoms with Gasteiger partial charge in [0.2, 0.25) is 5.91 Å². The summed E-state index contributed by atoms with van der Waals surface area (Å²) in [6, 6.07) is 16.2. The molecule has 0 spiro atoms. The van der Waals surface area contributed by atoms with Crippen LogP contribution in [0.1, 0.15) is 46.8 Å². The van der Waals surface area contributed by atoms with E-state index in [2.05, 4.69) is 5.32 Å². The summed E-state index contributed by atoms with van der Waals surface area (Å²) in [4.78, 5) is 53.1. The second kappa shape index (κ2) is 13.3. The molecule has 0 aromatic heterocycles. The van der Waals surface area contributed by atoms with E-state index in [-0.39, 0.29) is 24.2 Å². The average molecular weight is 532 g/mol. The number of unbranched alkanes of at least 4 members (excludes halogenated alkanes) is 1. The zero-order valence-electron chi connectivity index (χ0n) is 22.6. The fourth-order valence-electron chi connectivity index (χ4n) is 4.26. The molecule has 9 nitrogen and oxygen atoms in total. The zero-order chi connectivity index (χ0) is 28.5. The van der Waals surface area contributed by atoms with Gasteiger partial charge in [0, 0.05) is 29.9 Å². The third-order valence-electron chi connectivity index (χ3n) is 6.49. The Morgan fingerprint density at radius 1 is 0.974 bits per heavy atom. The van der Waals surface area contributed by atoms with E-state index in [0.717, 1.165) is 17.5 Å². The maximum Gasteiger partial charge on any atom is 0.269 e. The van der Waals surface area contributed by atoms with Crippen molar-refractivity contribution >= 4 is 29.0 Å². The second-order valence-electron chi connectivity index (χ2n) is 9.29. The zero-order valence-corrected chi connectivity index (χ0v) is 22.6. The molecule has 0 aliphatic rings. The third kappa shape index (κ3) is 7.28. The molecular weight excluding hydrogens is 498 g/mol. The predicted octanol–water partition coefficient (Wildman–Crippen LogP) is 5.28. The van der Waals surface area contributed by atoms with Crippen molar-refractivity contribution in [2.24, 2.45) is 0 Å². The number of benzene rings is 3. The topological polar surface area (TPSA) is 119 Å². The Morgan fingerprint density at radius 2 is 1.59 bits per heavy atom. The number of methoxy groups -OCH3 is 1. The van der Waals surface area contributed by atoms with E-state index in [0.29, 0.717) is 23.4 Å². The highest BCUT2D eigenvalue weighted by Crippen LogP contribution is 2.23. The number of para-hydroxylation sites is 1. The molecule has 0 bridgehead atoms. The van der Waals surface area contributed by atoms with Gasteiger partial charge in [0.05, 0.1) is 18.5 Å². The second-order valence-corrected chi connectivity index (χ2v) is 9.29. The summed E-state index contributed by atoms with van der Waals surface area (Å²) in [6.07, 6.45) is 1.20. The normalized spacial score (nSPS) is 11.4. The maximum atomic E-state index is 13.9. The number of hydrogen-bond acceptors (Lipinski definition) is 6. The lowest BCUT2D eigenvalue weighted by Gasteiger charge is -2.31. The Morgan fingerprint density at radius 3 is 2.13 bits per heavy atom. The summed E-state index contributed by atoms with van der Waals surface area (Å²) < 4.78 is 5.19. The lowest BCUT2D eigenvalue weighted by atomic mass is 9.99. The van der Waals surface area contributed by atoms with Crippen LogP contribution in [0.3, 0.4) is 0 Å². The Bertz CT molecular complexity index is 1320. The van der Waals surface area contributed by atoms with Crippen LogP contribution < -0.4 is 10.1 Å². The number of rotatable bonds is 12. The summed E-state index contributed by atoms with van der Waals surface area (Å²) in [6.45, 7) is 5.86. The third-order valence-corrected chi connectivity index (χ3v) is 6.49. The van der Waals surface area contributed by atoms with Gasteiger partial charge in [-0.25, -0.2) is 0 Å². The molecule has 3 aromatic carbocycles. The van der Waals surface area contributed by atoms with Gasteiger partial charge in [0.15, 0.2) is 11.8 Å². The fourth-order valence-corrected chi connectivity index (χ4v) is 4.26. The Balaban J connectivity index is 2.01. The quantitative estimate of drug-likeness (QED) is 0.147. The van der Waals surface area contributed by atoms with Gasteiger partial charge in [0.1, 0.15) is 5.75 Å². The molecule has 1 N–H and O–H groups in total.